The number of hydrogen-bond acceptors (Lipinski definition) is 4. The molecule has 0 aliphatic carbocycles. The average Bonchev–Trinajstić information content (AvgIpc) is 2.12. The van der Waals surface area contributed by atoms with E-state index in [-0.39, 0.29) is 18.2 Å². The summed E-state index contributed by atoms with van der Waals surface area (Å²) in [6, 6.07) is -0.632. The third-order valence-corrected chi connectivity index (χ3v) is 2.84. The number of nitrogens with two attached hydrogens (primary N) is 1. The summed E-state index contributed by atoms with van der Waals surface area (Å²) in [5.41, 5.74) is 5.56. The van der Waals surface area contributed by atoms with Crippen LogP contribution in [0.15, 0.2) is 12.7 Å². The van der Waals surface area contributed by atoms with Crippen LogP contribution >= 0.6 is 0 Å². The molecule has 15 heavy (non-hydrogen) atoms. The minimum atomic E-state index is -3.05. The predicted molar refractivity (Wildman–Crippen MR) is 60.1 cm³/mol. The van der Waals surface area contributed by atoms with Crippen LogP contribution in [0.3, 0.4) is 0 Å². The Hall–Kier alpha value is -0.880. The molecule has 0 bridgehead atoms. The van der Waals surface area contributed by atoms with Gasteiger partial charge in [0.05, 0.1) is 11.8 Å². The number of hydrogen-bond donors (Lipinski definition) is 1. The van der Waals surface area contributed by atoms with Gasteiger partial charge >= 0.3 is 0 Å². The lowest BCUT2D eigenvalue weighted by Gasteiger charge is -2.20. The van der Waals surface area contributed by atoms with Crippen LogP contribution < -0.4 is 5.73 Å². The first-order valence-corrected chi connectivity index (χ1v) is 6.63. The van der Waals surface area contributed by atoms with Gasteiger partial charge in [-0.3, -0.25) is 4.79 Å². The van der Waals surface area contributed by atoms with E-state index in [0.717, 1.165) is 6.26 Å². The van der Waals surface area contributed by atoms with Crippen LogP contribution in [0.4, 0.5) is 0 Å². The molecule has 0 rings (SSSR count). The van der Waals surface area contributed by atoms with Crippen LogP contribution in [0, 0.1) is 0 Å². The highest BCUT2D eigenvalue weighted by atomic mass is 32.2. The fourth-order valence-electron chi connectivity index (χ4n) is 0.976. The number of sulfone groups is 1. The number of likely N-dealkylation sites (N-methyl/N-ethyl adjacent to an activating group) is 1. The number of rotatable bonds is 6. The molecule has 1 amide bonds. The molecule has 0 saturated heterocycles. The van der Waals surface area contributed by atoms with Crippen molar-refractivity contribution in [2.24, 2.45) is 5.73 Å². The van der Waals surface area contributed by atoms with Gasteiger partial charge in [-0.05, 0) is 6.42 Å². The summed E-state index contributed by atoms with van der Waals surface area (Å²) >= 11 is 0. The van der Waals surface area contributed by atoms with Crippen LogP contribution in [0.1, 0.15) is 6.42 Å². The third-order valence-electron chi connectivity index (χ3n) is 1.91. The molecule has 0 aromatic heterocycles. The van der Waals surface area contributed by atoms with Gasteiger partial charge in [0.2, 0.25) is 5.91 Å². The van der Waals surface area contributed by atoms with Gasteiger partial charge in [0.25, 0.3) is 0 Å². The van der Waals surface area contributed by atoms with Gasteiger partial charge < -0.3 is 10.6 Å². The maximum atomic E-state index is 11.5. The van der Waals surface area contributed by atoms with E-state index >= 15 is 0 Å². The molecule has 0 heterocycles. The summed E-state index contributed by atoms with van der Waals surface area (Å²) in [5.74, 6) is -0.311. The van der Waals surface area contributed by atoms with E-state index in [4.69, 9.17) is 5.73 Å². The minimum absolute atomic E-state index is 0.0456. The molecule has 0 saturated carbocycles. The first kappa shape index (κ1) is 14.1. The van der Waals surface area contributed by atoms with E-state index in [1.165, 1.54) is 11.9 Å². The van der Waals surface area contributed by atoms with Crippen molar-refractivity contribution < 1.29 is 13.2 Å². The Balaban J connectivity index is 4.15. The van der Waals surface area contributed by atoms with Gasteiger partial charge in [0, 0.05) is 19.8 Å². The van der Waals surface area contributed by atoms with Crippen molar-refractivity contribution in [2.75, 3.05) is 25.6 Å². The Bertz CT molecular complexity index is 324. The molecular weight excluding hydrogens is 216 g/mol. The van der Waals surface area contributed by atoms with Gasteiger partial charge in [0.15, 0.2) is 0 Å². The van der Waals surface area contributed by atoms with Crippen molar-refractivity contribution in [1.29, 1.82) is 0 Å². The zero-order valence-electron chi connectivity index (χ0n) is 9.14. The van der Waals surface area contributed by atoms with E-state index in [0.29, 0.717) is 6.42 Å². The quantitative estimate of drug-likeness (QED) is 0.622. The molecule has 0 radical (unpaired) electrons. The fraction of sp³-hybridized carbons (Fsp3) is 0.667. The Morgan fingerprint density at radius 3 is 2.53 bits per heavy atom. The van der Waals surface area contributed by atoms with Crippen molar-refractivity contribution in [3.63, 3.8) is 0 Å². The summed E-state index contributed by atoms with van der Waals surface area (Å²) in [7, 11) is -1.51. The maximum Gasteiger partial charge on any atom is 0.239 e. The molecule has 6 heteroatoms. The molecule has 0 aliphatic heterocycles. The molecule has 0 fully saturated rings. The zero-order chi connectivity index (χ0) is 12.1. The molecule has 1 atom stereocenters. The highest BCUT2D eigenvalue weighted by molar-refractivity contribution is 7.90. The third kappa shape index (κ3) is 6.24. The molecule has 2 N–H and O–H groups in total. The van der Waals surface area contributed by atoms with E-state index in [9.17, 15) is 13.2 Å². The molecule has 88 valence electrons. The van der Waals surface area contributed by atoms with Crippen LogP contribution in [0.5, 0.6) is 0 Å². The van der Waals surface area contributed by atoms with Gasteiger partial charge in [-0.2, -0.15) is 0 Å². The summed E-state index contributed by atoms with van der Waals surface area (Å²) < 4.78 is 21.7. The van der Waals surface area contributed by atoms with Crippen molar-refractivity contribution in [1.82, 2.24) is 4.90 Å². The molecule has 0 spiro atoms. The number of carbonyl (C=O) groups is 1. The summed E-state index contributed by atoms with van der Waals surface area (Å²) in [4.78, 5) is 12.8. The second-order valence-electron chi connectivity index (χ2n) is 3.52. The molecule has 0 aromatic carbocycles. The van der Waals surface area contributed by atoms with Crippen molar-refractivity contribution >= 4 is 15.7 Å². The van der Waals surface area contributed by atoms with Crippen molar-refractivity contribution in [2.45, 2.75) is 12.5 Å². The standard InChI is InChI=1S/C9H18N2O3S/c1-4-5-8(10)9(12)11(2)6-7-15(3,13)14/h4,8H,1,5-7,10H2,2-3H3. The highest BCUT2D eigenvalue weighted by Gasteiger charge is 2.17. The summed E-state index contributed by atoms with van der Waals surface area (Å²) in [6.45, 7) is 3.65. The largest absolute Gasteiger partial charge is 0.343 e. The SMILES string of the molecule is C=CCC(N)C(=O)N(C)CCS(C)(=O)=O. The van der Waals surface area contributed by atoms with Crippen LogP contribution in [-0.2, 0) is 14.6 Å². The molecule has 1 unspecified atom stereocenters. The Morgan fingerprint density at radius 2 is 2.13 bits per heavy atom. The lowest BCUT2D eigenvalue weighted by Crippen LogP contribution is -2.43. The second kappa shape index (κ2) is 5.87. The number of amides is 1. The highest BCUT2D eigenvalue weighted by Crippen LogP contribution is 1.96. The number of carbonyl (C=O) groups excluding carboxylic acids is 1. The topological polar surface area (TPSA) is 80.5 Å². The Morgan fingerprint density at radius 1 is 1.60 bits per heavy atom. The monoisotopic (exact) mass is 234 g/mol. The first-order valence-electron chi connectivity index (χ1n) is 4.57. The van der Waals surface area contributed by atoms with E-state index in [1.54, 1.807) is 6.08 Å². The van der Waals surface area contributed by atoms with E-state index < -0.39 is 15.9 Å². The smallest absolute Gasteiger partial charge is 0.239 e. The Kier molecular flexibility index (Phi) is 5.53. The van der Waals surface area contributed by atoms with Gasteiger partial charge in [0.1, 0.15) is 9.84 Å². The normalized spacial score (nSPS) is 13.3. The van der Waals surface area contributed by atoms with Gasteiger partial charge in [-0.15, -0.1) is 6.58 Å². The lowest BCUT2D eigenvalue weighted by molar-refractivity contribution is -0.130. The molecule has 5 nitrogen and oxygen atoms in total. The minimum Gasteiger partial charge on any atom is -0.343 e. The van der Waals surface area contributed by atoms with Crippen molar-refractivity contribution in [3.8, 4) is 0 Å². The maximum absolute atomic E-state index is 11.5. The summed E-state index contributed by atoms with van der Waals surface area (Å²) in [5, 5.41) is 0. The van der Waals surface area contributed by atoms with Gasteiger partial charge in [-0.25, -0.2) is 8.42 Å². The van der Waals surface area contributed by atoms with Gasteiger partial charge in [-0.1, -0.05) is 6.08 Å². The van der Waals surface area contributed by atoms with Crippen LogP contribution in [0.2, 0.25) is 0 Å². The molecule has 0 aliphatic rings. The van der Waals surface area contributed by atoms with Crippen LogP contribution in [-0.4, -0.2) is 50.9 Å². The zero-order valence-corrected chi connectivity index (χ0v) is 9.96. The average molecular weight is 234 g/mol. The predicted octanol–water partition coefficient (Wildman–Crippen LogP) is -0.607. The molecular formula is C9H18N2O3S. The van der Waals surface area contributed by atoms with Crippen molar-refractivity contribution in [3.05, 3.63) is 12.7 Å². The van der Waals surface area contributed by atoms with E-state index in [1.807, 2.05) is 0 Å². The van der Waals surface area contributed by atoms with E-state index in [2.05, 4.69) is 6.58 Å². The first-order chi connectivity index (χ1) is 6.78. The molecule has 0 aromatic rings. The van der Waals surface area contributed by atoms with Crippen LogP contribution in [0.25, 0.3) is 0 Å². The Labute approximate surface area is 90.9 Å². The fourth-order valence-corrected chi connectivity index (χ4v) is 1.58. The lowest BCUT2D eigenvalue weighted by atomic mass is 10.2. The second-order valence-corrected chi connectivity index (χ2v) is 5.78. The summed E-state index contributed by atoms with van der Waals surface area (Å²) in [6.07, 6.45) is 3.09. The number of nitrogens with zero attached hydrogens (tertiary/aromatic N) is 1.